The van der Waals surface area contributed by atoms with Gasteiger partial charge in [-0.05, 0) is 31.5 Å². The first-order valence-corrected chi connectivity index (χ1v) is 10.2. The zero-order chi connectivity index (χ0) is 23.7. The van der Waals surface area contributed by atoms with Crippen molar-refractivity contribution in [3.05, 3.63) is 71.7 Å². The van der Waals surface area contributed by atoms with Crippen molar-refractivity contribution in [3.8, 4) is 23.1 Å². The van der Waals surface area contributed by atoms with E-state index in [0.29, 0.717) is 27.9 Å². The van der Waals surface area contributed by atoms with E-state index >= 15 is 0 Å². The molecule has 1 aromatic carbocycles. The molecule has 0 amide bonds. The second-order valence-corrected chi connectivity index (χ2v) is 9.27. The number of pyridine rings is 1. The maximum atomic E-state index is 14.9. The lowest BCUT2D eigenvalue weighted by molar-refractivity contribution is -0.0319. The third-order valence-corrected chi connectivity index (χ3v) is 5.76. The molecule has 0 aliphatic carbocycles. The summed E-state index contributed by atoms with van der Waals surface area (Å²) in [7, 11) is 1.48. The van der Waals surface area contributed by atoms with Crippen LogP contribution in [0, 0.1) is 22.6 Å². The highest BCUT2D eigenvalue weighted by molar-refractivity contribution is 5.64. The lowest BCUT2D eigenvalue weighted by Gasteiger charge is -2.40. The molecule has 0 radical (unpaired) electrons. The summed E-state index contributed by atoms with van der Waals surface area (Å²) in [5, 5.41) is 21.1. The second kappa shape index (κ2) is 8.29. The van der Waals surface area contributed by atoms with Crippen LogP contribution in [0.25, 0.3) is 11.1 Å². The fraction of sp³-hybridized carbons (Fsp3) is 0.360. The highest BCUT2D eigenvalue weighted by Gasteiger charge is 2.47. The van der Waals surface area contributed by atoms with E-state index in [4.69, 9.17) is 4.74 Å². The van der Waals surface area contributed by atoms with Gasteiger partial charge in [-0.1, -0.05) is 39.0 Å². The number of nitriles is 1. The van der Waals surface area contributed by atoms with E-state index in [1.807, 2.05) is 20.8 Å². The molecule has 0 spiro atoms. The molecular weight excluding hydrogens is 407 g/mol. The molecule has 7 heteroatoms. The van der Waals surface area contributed by atoms with E-state index in [1.54, 1.807) is 38.1 Å². The summed E-state index contributed by atoms with van der Waals surface area (Å²) < 4.78 is 20.2. The summed E-state index contributed by atoms with van der Waals surface area (Å²) in [5.74, 6) is -0.186. The number of benzene rings is 1. The Hall–Kier alpha value is -3.37. The van der Waals surface area contributed by atoms with Crippen LogP contribution in [-0.2, 0) is 11.0 Å². The number of rotatable bonds is 5. The minimum Gasteiger partial charge on any atom is -0.481 e. The molecule has 0 saturated heterocycles. The third-order valence-electron chi connectivity index (χ3n) is 5.76. The zero-order valence-electron chi connectivity index (χ0n) is 19.1. The van der Waals surface area contributed by atoms with Gasteiger partial charge in [-0.2, -0.15) is 5.26 Å². The van der Waals surface area contributed by atoms with Gasteiger partial charge < -0.3 is 9.84 Å². The Morgan fingerprint density at radius 3 is 2.28 bits per heavy atom. The van der Waals surface area contributed by atoms with Crippen LogP contribution in [0.1, 0.15) is 51.4 Å². The van der Waals surface area contributed by atoms with Crippen LogP contribution in [0.5, 0.6) is 5.88 Å². The van der Waals surface area contributed by atoms with Gasteiger partial charge in [0.2, 0.25) is 5.88 Å². The number of hydrogen-bond donors (Lipinski definition) is 1. The molecule has 2 aromatic heterocycles. The number of methoxy groups -OCH3 is 1. The van der Waals surface area contributed by atoms with E-state index in [9.17, 15) is 14.8 Å². The van der Waals surface area contributed by atoms with Crippen molar-refractivity contribution in [2.24, 2.45) is 5.41 Å². The number of ether oxygens (including phenoxy) is 1. The van der Waals surface area contributed by atoms with Crippen LogP contribution < -0.4 is 4.74 Å². The molecule has 2 heterocycles. The molecular formula is C25H27FN4O2. The van der Waals surface area contributed by atoms with Crippen molar-refractivity contribution in [1.82, 2.24) is 15.0 Å². The van der Waals surface area contributed by atoms with Crippen LogP contribution in [0.15, 0.2) is 49.1 Å². The first-order chi connectivity index (χ1) is 15.0. The number of halogens is 1. The van der Waals surface area contributed by atoms with Gasteiger partial charge in [-0.15, -0.1) is 0 Å². The van der Waals surface area contributed by atoms with E-state index in [2.05, 4.69) is 21.0 Å². The summed E-state index contributed by atoms with van der Waals surface area (Å²) >= 11 is 0. The summed E-state index contributed by atoms with van der Waals surface area (Å²) in [4.78, 5) is 12.7. The van der Waals surface area contributed by atoms with Gasteiger partial charge in [-0.25, -0.2) is 14.4 Å². The van der Waals surface area contributed by atoms with Crippen molar-refractivity contribution >= 4 is 0 Å². The van der Waals surface area contributed by atoms with Gasteiger partial charge in [0.1, 0.15) is 17.7 Å². The van der Waals surface area contributed by atoms with Crippen molar-refractivity contribution < 1.29 is 14.2 Å². The first-order valence-electron chi connectivity index (χ1n) is 10.2. The molecule has 3 aromatic rings. The lowest BCUT2D eigenvalue weighted by Crippen LogP contribution is -2.42. The summed E-state index contributed by atoms with van der Waals surface area (Å²) in [6.45, 7) is 9.12. The number of aliphatic hydroxyl groups is 1. The topological polar surface area (TPSA) is 91.9 Å². The average Bonchev–Trinajstić information content (AvgIpc) is 2.77. The molecule has 0 aliphatic rings. The largest absolute Gasteiger partial charge is 0.481 e. The van der Waals surface area contributed by atoms with Gasteiger partial charge in [-0.3, -0.25) is 4.98 Å². The van der Waals surface area contributed by atoms with Crippen LogP contribution in [0.3, 0.4) is 0 Å². The summed E-state index contributed by atoms with van der Waals surface area (Å²) in [6.07, 6.45) is 4.39. The van der Waals surface area contributed by atoms with Gasteiger partial charge >= 0.3 is 0 Å². The lowest BCUT2D eigenvalue weighted by atomic mass is 9.70. The average molecular weight is 435 g/mol. The summed E-state index contributed by atoms with van der Waals surface area (Å²) in [5.41, 5.74) is -0.756. The molecule has 1 atom stereocenters. The second-order valence-electron chi connectivity index (χ2n) is 9.27. The minimum absolute atomic E-state index is 0.255. The van der Waals surface area contributed by atoms with Crippen LogP contribution >= 0.6 is 0 Å². The number of aromatic nitrogens is 3. The molecule has 0 saturated carbocycles. The third kappa shape index (κ3) is 3.94. The highest BCUT2D eigenvalue weighted by atomic mass is 19.1. The Bertz CT molecular complexity index is 1160. The smallest absolute Gasteiger partial charge is 0.222 e. The Balaban J connectivity index is 2.08. The first kappa shape index (κ1) is 23.3. The summed E-state index contributed by atoms with van der Waals surface area (Å²) in [6, 6.07) is 10.3. The normalized spacial score (nSPS) is 13.8. The predicted octanol–water partition coefficient (Wildman–Crippen LogP) is 4.77. The number of hydrogen-bond acceptors (Lipinski definition) is 6. The van der Waals surface area contributed by atoms with Crippen molar-refractivity contribution in [1.29, 1.82) is 5.26 Å². The maximum Gasteiger partial charge on any atom is 0.222 e. The van der Waals surface area contributed by atoms with E-state index in [0.717, 1.165) is 0 Å². The predicted molar refractivity (Wildman–Crippen MR) is 119 cm³/mol. The molecule has 0 bridgehead atoms. The maximum absolute atomic E-state index is 14.9. The Labute approximate surface area is 187 Å². The van der Waals surface area contributed by atoms with Crippen molar-refractivity contribution in [2.45, 2.75) is 45.6 Å². The quantitative estimate of drug-likeness (QED) is 0.622. The van der Waals surface area contributed by atoms with E-state index in [-0.39, 0.29) is 5.88 Å². The molecule has 0 aliphatic heterocycles. The molecule has 3 rings (SSSR count). The highest BCUT2D eigenvalue weighted by Crippen LogP contribution is 2.46. The molecule has 1 N–H and O–H groups in total. The SMILES string of the molecule is COc1ncncc1C(O)(c1ccc(-c2ccc(C(C)(C)C#N)cc2F)cn1)C(C)(C)C. The molecule has 32 heavy (non-hydrogen) atoms. The van der Waals surface area contributed by atoms with Gasteiger partial charge in [0.15, 0.2) is 0 Å². The Kier molecular flexibility index (Phi) is 6.03. The molecule has 0 fully saturated rings. The molecule has 6 nitrogen and oxygen atoms in total. The van der Waals surface area contributed by atoms with Crippen LogP contribution in [-0.4, -0.2) is 27.2 Å². The molecule has 166 valence electrons. The number of nitrogens with zero attached hydrogens (tertiary/aromatic N) is 4. The fourth-order valence-corrected chi connectivity index (χ4v) is 3.63. The van der Waals surface area contributed by atoms with Gasteiger partial charge in [0.25, 0.3) is 0 Å². The minimum atomic E-state index is -1.56. The van der Waals surface area contributed by atoms with E-state index < -0.39 is 22.2 Å². The van der Waals surface area contributed by atoms with Gasteiger partial charge in [0.05, 0.1) is 29.9 Å². The Morgan fingerprint density at radius 2 is 1.75 bits per heavy atom. The zero-order valence-corrected chi connectivity index (χ0v) is 19.1. The van der Waals surface area contributed by atoms with Crippen molar-refractivity contribution in [3.63, 3.8) is 0 Å². The van der Waals surface area contributed by atoms with Crippen LogP contribution in [0.2, 0.25) is 0 Å². The van der Waals surface area contributed by atoms with Crippen molar-refractivity contribution in [2.75, 3.05) is 7.11 Å². The van der Waals surface area contributed by atoms with Gasteiger partial charge in [0, 0.05) is 28.9 Å². The van der Waals surface area contributed by atoms with E-state index in [1.165, 1.54) is 31.9 Å². The monoisotopic (exact) mass is 434 g/mol. The van der Waals surface area contributed by atoms with Crippen LogP contribution in [0.4, 0.5) is 4.39 Å². The molecule has 1 unspecified atom stereocenters. The standard InChI is InChI=1S/C25H27FN4O2/c1-23(2,3)25(31,19-13-28-15-30-22(19)32-6)21-10-7-16(12-29-21)18-9-8-17(11-20(18)26)24(4,5)14-27/h7-13,15,31H,1-6H3. The fourth-order valence-electron chi connectivity index (χ4n) is 3.63. The Morgan fingerprint density at radius 1 is 1.03 bits per heavy atom.